The number of hydrogen-bond acceptors (Lipinski definition) is 3. The number of amides is 1. The minimum atomic E-state index is 0.0589. The second-order valence-corrected chi connectivity index (χ2v) is 8.26. The van der Waals surface area contributed by atoms with Crippen LogP contribution in [0.2, 0.25) is 0 Å². The van der Waals surface area contributed by atoms with E-state index in [0.717, 1.165) is 38.1 Å². The van der Waals surface area contributed by atoms with Crippen molar-refractivity contribution in [2.45, 2.75) is 84.4 Å². The summed E-state index contributed by atoms with van der Waals surface area (Å²) in [5.41, 5.74) is 6.63. The summed E-state index contributed by atoms with van der Waals surface area (Å²) in [5.74, 6) is 0.929. The van der Waals surface area contributed by atoms with Gasteiger partial charge in [-0.05, 0) is 49.9 Å². The highest BCUT2D eigenvalue weighted by Gasteiger charge is 2.33. The van der Waals surface area contributed by atoms with Gasteiger partial charge < -0.3 is 15.4 Å². The minimum Gasteiger partial charge on any atom is -0.376 e. The van der Waals surface area contributed by atoms with Crippen LogP contribution in [0.15, 0.2) is 0 Å². The molecular formula is C18H34N2O2. The normalized spacial score (nSPS) is 33.8. The third kappa shape index (κ3) is 4.45. The fraction of sp³-hybridized carbons (Fsp3) is 0.944. The van der Waals surface area contributed by atoms with Crippen molar-refractivity contribution in [1.82, 2.24) is 4.90 Å². The maximum atomic E-state index is 11.8. The van der Waals surface area contributed by atoms with Crippen LogP contribution >= 0.6 is 0 Å². The average molecular weight is 310 g/mol. The number of carbonyl (C=O) groups excluding carboxylic acids is 1. The first-order valence-electron chi connectivity index (χ1n) is 8.93. The van der Waals surface area contributed by atoms with Crippen molar-refractivity contribution in [2.24, 2.45) is 17.1 Å². The van der Waals surface area contributed by atoms with Crippen molar-refractivity contribution < 1.29 is 9.53 Å². The number of rotatable bonds is 3. The first-order valence-corrected chi connectivity index (χ1v) is 8.93. The van der Waals surface area contributed by atoms with Crippen molar-refractivity contribution >= 4 is 5.91 Å². The summed E-state index contributed by atoms with van der Waals surface area (Å²) in [4.78, 5) is 13.7. The third-order valence-electron chi connectivity index (χ3n) is 5.64. The molecule has 0 aromatic rings. The molecule has 0 spiro atoms. The number of nitrogens with two attached hydrogens (primary N) is 1. The molecule has 2 N–H and O–H groups in total. The van der Waals surface area contributed by atoms with E-state index in [4.69, 9.17) is 10.5 Å². The molecule has 1 aliphatic heterocycles. The lowest BCUT2D eigenvalue weighted by molar-refractivity contribution is -0.136. The maximum absolute atomic E-state index is 11.8. The molecule has 2 fully saturated rings. The Hall–Kier alpha value is -0.610. The minimum absolute atomic E-state index is 0.0589. The van der Waals surface area contributed by atoms with E-state index in [1.54, 1.807) is 6.92 Å². The highest BCUT2D eigenvalue weighted by atomic mass is 16.5. The summed E-state index contributed by atoms with van der Waals surface area (Å²) in [6.07, 6.45) is 7.14. The van der Waals surface area contributed by atoms with Crippen LogP contribution < -0.4 is 5.73 Å². The second-order valence-electron chi connectivity index (χ2n) is 8.26. The van der Waals surface area contributed by atoms with E-state index in [1.165, 1.54) is 12.8 Å². The van der Waals surface area contributed by atoms with Gasteiger partial charge in [-0.3, -0.25) is 4.79 Å². The Morgan fingerprint density at radius 3 is 2.36 bits per heavy atom. The summed E-state index contributed by atoms with van der Waals surface area (Å²) in [5, 5.41) is 0. The number of likely N-dealkylation sites (tertiary alicyclic amines) is 1. The topological polar surface area (TPSA) is 55.6 Å². The molecule has 4 nitrogen and oxygen atoms in total. The molecule has 22 heavy (non-hydrogen) atoms. The molecule has 128 valence electrons. The molecule has 2 rings (SSSR count). The van der Waals surface area contributed by atoms with Crippen LogP contribution in [0.25, 0.3) is 0 Å². The molecule has 4 heteroatoms. The number of hydrogen-bond donors (Lipinski definition) is 1. The average Bonchev–Trinajstić information content (AvgIpc) is 2.45. The number of ether oxygens (including phenoxy) is 1. The SMILES string of the molecule is CC(=O)N1CCCC(N)C1COC1CCC(C(C)(C)C)CC1. The first kappa shape index (κ1) is 17.7. The molecule has 2 aliphatic rings. The summed E-state index contributed by atoms with van der Waals surface area (Å²) in [6.45, 7) is 10.1. The maximum Gasteiger partial charge on any atom is 0.219 e. The molecule has 1 aliphatic carbocycles. The smallest absolute Gasteiger partial charge is 0.219 e. The second kappa shape index (κ2) is 7.31. The lowest BCUT2D eigenvalue weighted by Crippen LogP contribution is -2.56. The Bertz CT molecular complexity index is 370. The molecule has 1 saturated carbocycles. The van der Waals surface area contributed by atoms with E-state index in [0.29, 0.717) is 18.1 Å². The summed E-state index contributed by atoms with van der Waals surface area (Å²) in [7, 11) is 0. The van der Waals surface area contributed by atoms with Crippen LogP contribution in [0.3, 0.4) is 0 Å². The first-order chi connectivity index (χ1) is 10.3. The lowest BCUT2D eigenvalue weighted by Gasteiger charge is -2.41. The van der Waals surface area contributed by atoms with Gasteiger partial charge in [-0.15, -0.1) is 0 Å². The third-order valence-corrected chi connectivity index (χ3v) is 5.64. The zero-order valence-corrected chi connectivity index (χ0v) is 14.8. The molecule has 1 heterocycles. The van der Waals surface area contributed by atoms with Crippen LogP contribution in [0, 0.1) is 11.3 Å². The monoisotopic (exact) mass is 310 g/mol. The van der Waals surface area contributed by atoms with Crippen molar-refractivity contribution in [3.05, 3.63) is 0 Å². The molecule has 1 amide bonds. The predicted octanol–water partition coefficient (Wildman–Crippen LogP) is 2.95. The van der Waals surface area contributed by atoms with Crippen molar-refractivity contribution in [1.29, 1.82) is 0 Å². The van der Waals surface area contributed by atoms with Crippen molar-refractivity contribution in [3.8, 4) is 0 Å². The fourth-order valence-corrected chi connectivity index (χ4v) is 4.02. The molecule has 2 atom stereocenters. The van der Waals surface area contributed by atoms with E-state index < -0.39 is 0 Å². The van der Waals surface area contributed by atoms with Crippen LogP contribution in [0.1, 0.15) is 66.2 Å². The van der Waals surface area contributed by atoms with Crippen molar-refractivity contribution in [2.75, 3.05) is 13.2 Å². The van der Waals surface area contributed by atoms with Crippen LogP contribution in [-0.2, 0) is 9.53 Å². The standard InChI is InChI=1S/C18H34N2O2/c1-13(21)20-11-5-6-16(19)17(20)12-22-15-9-7-14(8-10-15)18(2,3)4/h14-17H,5-12,19H2,1-4H3. The molecular weight excluding hydrogens is 276 g/mol. The Labute approximate surface area is 135 Å². The largest absolute Gasteiger partial charge is 0.376 e. The number of piperidine rings is 1. The Morgan fingerprint density at radius 2 is 1.82 bits per heavy atom. The van der Waals surface area contributed by atoms with E-state index in [2.05, 4.69) is 20.8 Å². The van der Waals surface area contributed by atoms with Gasteiger partial charge in [-0.2, -0.15) is 0 Å². The summed E-state index contributed by atoms with van der Waals surface area (Å²) >= 11 is 0. The summed E-state index contributed by atoms with van der Waals surface area (Å²) in [6, 6.07) is 0.121. The molecule has 0 aromatic heterocycles. The number of carbonyl (C=O) groups is 1. The molecule has 0 aromatic carbocycles. The predicted molar refractivity (Wildman–Crippen MR) is 89.5 cm³/mol. The lowest BCUT2D eigenvalue weighted by atomic mass is 9.72. The zero-order chi connectivity index (χ0) is 16.3. The van der Waals surface area contributed by atoms with Gasteiger partial charge in [0.2, 0.25) is 5.91 Å². The van der Waals surface area contributed by atoms with Gasteiger partial charge in [-0.25, -0.2) is 0 Å². The van der Waals surface area contributed by atoms with E-state index in [-0.39, 0.29) is 18.0 Å². The van der Waals surface area contributed by atoms with Gasteiger partial charge in [0.1, 0.15) is 0 Å². The fourth-order valence-electron chi connectivity index (χ4n) is 4.02. The zero-order valence-electron chi connectivity index (χ0n) is 14.8. The summed E-state index contributed by atoms with van der Waals surface area (Å²) < 4.78 is 6.16. The highest BCUT2D eigenvalue weighted by Crippen LogP contribution is 2.38. The molecule has 0 radical (unpaired) electrons. The Kier molecular flexibility index (Phi) is 5.89. The van der Waals surface area contributed by atoms with Crippen LogP contribution in [-0.4, -0.2) is 42.1 Å². The Morgan fingerprint density at radius 1 is 1.18 bits per heavy atom. The van der Waals surface area contributed by atoms with Crippen LogP contribution in [0.4, 0.5) is 0 Å². The van der Waals surface area contributed by atoms with Gasteiger partial charge >= 0.3 is 0 Å². The van der Waals surface area contributed by atoms with Gasteiger partial charge in [0.15, 0.2) is 0 Å². The van der Waals surface area contributed by atoms with Gasteiger partial charge in [0.05, 0.1) is 18.8 Å². The van der Waals surface area contributed by atoms with E-state index >= 15 is 0 Å². The molecule has 1 saturated heterocycles. The van der Waals surface area contributed by atoms with E-state index in [9.17, 15) is 4.79 Å². The van der Waals surface area contributed by atoms with Gasteiger partial charge in [0, 0.05) is 19.5 Å². The molecule has 2 unspecified atom stereocenters. The van der Waals surface area contributed by atoms with E-state index in [1.807, 2.05) is 4.90 Å². The highest BCUT2D eigenvalue weighted by molar-refractivity contribution is 5.73. The number of nitrogens with zero attached hydrogens (tertiary/aromatic N) is 1. The van der Waals surface area contributed by atoms with Gasteiger partial charge in [0.25, 0.3) is 0 Å². The van der Waals surface area contributed by atoms with Crippen molar-refractivity contribution in [3.63, 3.8) is 0 Å². The molecule has 0 bridgehead atoms. The quantitative estimate of drug-likeness (QED) is 0.872. The Balaban J connectivity index is 1.81. The van der Waals surface area contributed by atoms with Crippen LogP contribution in [0.5, 0.6) is 0 Å². The van der Waals surface area contributed by atoms with Gasteiger partial charge in [-0.1, -0.05) is 20.8 Å².